The van der Waals surface area contributed by atoms with E-state index < -0.39 is 12.5 Å². The van der Waals surface area contributed by atoms with Crippen molar-refractivity contribution in [2.24, 2.45) is 23.6 Å². The van der Waals surface area contributed by atoms with Gasteiger partial charge in [-0.2, -0.15) is 0 Å². The van der Waals surface area contributed by atoms with Crippen molar-refractivity contribution in [1.82, 2.24) is 5.43 Å². The Bertz CT molecular complexity index is 186. The Labute approximate surface area is 76.8 Å². The Kier molecular flexibility index (Phi) is 2.51. The summed E-state index contributed by atoms with van der Waals surface area (Å²) < 4.78 is 25.1. The molecule has 4 unspecified atom stereocenters. The first-order chi connectivity index (χ1) is 6.22. The summed E-state index contributed by atoms with van der Waals surface area (Å²) in [6.07, 6.45) is 2.14. The van der Waals surface area contributed by atoms with Crippen LogP contribution in [0, 0.1) is 17.8 Å². The third-order valence-corrected chi connectivity index (χ3v) is 3.72. The molecule has 76 valence electrons. The van der Waals surface area contributed by atoms with Crippen molar-refractivity contribution in [3.63, 3.8) is 0 Å². The van der Waals surface area contributed by atoms with Crippen LogP contribution in [-0.2, 0) is 0 Å². The van der Waals surface area contributed by atoms with Gasteiger partial charge in [0.05, 0.1) is 6.04 Å². The van der Waals surface area contributed by atoms with Crippen molar-refractivity contribution < 1.29 is 8.78 Å². The average molecular weight is 190 g/mol. The smallest absolute Gasteiger partial charge is 0.255 e. The maximum absolute atomic E-state index is 12.5. The van der Waals surface area contributed by atoms with Crippen molar-refractivity contribution in [3.05, 3.63) is 0 Å². The van der Waals surface area contributed by atoms with Crippen LogP contribution in [0.3, 0.4) is 0 Å². The summed E-state index contributed by atoms with van der Waals surface area (Å²) in [6.45, 7) is 0. The fourth-order valence-electron chi connectivity index (χ4n) is 3.12. The van der Waals surface area contributed by atoms with Gasteiger partial charge in [-0.1, -0.05) is 6.42 Å². The number of hydrogen-bond acceptors (Lipinski definition) is 2. The van der Waals surface area contributed by atoms with Gasteiger partial charge in [0.15, 0.2) is 0 Å². The van der Waals surface area contributed by atoms with Gasteiger partial charge >= 0.3 is 0 Å². The second kappa shape index (κ2) is 3.50. The standard InChI is InChI=1S/C9H16F2N2/c10-9(11)8(13-12)7-4-5-1-2-6(7)3-5/h5-9,13H,1-4,12H2. The summed E-state index contributed by atoms with van der Waals surface area (Å²) in [5.74, 6) is 6.47. The summed E-state index contributed by atoms with van der Waals surface area (Å²) in [4.78, 5) is 0. The lowest BCUT2D eigenvalue weighted by Crippen LogP contribution is -2.47. The van der Waals surface area contributed by atoms with Crippen LogP contribution in [0.1, 0.15) is 25.7 Å². The van der Waals surface area contributed by atoms with E-state index in [0.717, 1.165) is 19.3 Å². The summed E-state index contributed by atoms with van der Waals surface area (Å²) in [5.41, 5.74) is 2.28. The predicted octanol–water partition coefficient (Wildman–Crippen LogP) is 1.52. The summed E-state index contributed by atoms with van der Waals surface area (Å²) >= 11 is 0. The number of hydrogen-bond donors (Lipinski definition) is 2. The molecule has 4 heteroatoms. The van der Waals surface area contributed by atoms with Crippen molar-refractivity contribution in [1.29, 1.82) is 0 Å². The van der Waals surface area contributed by atoms with Crippen molar-refractivity contribution in [2.75, 3.05) is 0 Å². The third-order valence-electron chi connectivity index (χ3n) is 3.72. The van der Waals surface area contributed by atoms with E-state index >= 15 is 0 Å². The van der Waals surface area contributed by atoms with E-state index in [9.17, 15) is 8.78 Å². The van der Waals surface area contributed by atoms with Crippen LogP contribution < -0.4 is 11.3 Å². The molecule has 0 spiro atoms. The van der Waals surface area contributed by atoms with E-state index in [1.54, 1.807) is 0 Å². The van der Waals surface area contributed by atoms with E-state index in [1.807, 2.05) is 0 Å². The number of hydrazine groups is 1. The molecular formula is C9H16F2N2. The topological polar surface area (TPSA) is 38.0 Å². The highest BCUT2D eigenvalue weighted by molar-refractivity contribution is 4.95. The zero-order valence-electron chi connectivity index (χ0n) is 7.55. The van der Waals surface area contributed by atoms with Gasteiger partial charge in [-0.25, -0.2) is 8.78 Å². The Balaban J connectivity index is 2.00. The number of nitrogens with two attached hydrogens (primary N) is 1. The van der Waals surface area contributed by atoms with Crippen LogP contribution in [0.4, 0.5) is 8.78 Å². The molecule has 0 saturated heterocycles. The first kappa shape index (κ1) is 9.34. The second-order valence-electron chi connectivity index (χ2n) is 4.37. The number of rotatable bonds is 3. The molecule has 0 aromatic heterocycles. The highest BCUT2D eigenvalue weighted by Gasteiger charge is 2.45. The Hall–Kier alpha value is -0.220. The number of alkyl halides is 2. The Morgan fingerprint density at radius 1 is 1.23 bits per heavy atom. The molecule has 2 saturated carbocycles. The molecule has 4 atom stereocenters. The maximum atomic E-state index is 12.5. The van der Waals surface area contributed by atoms with E-state index in [2.05, 4.69) is 5.43 Å². The minimum atomic E-state index is -2.32. The molecule has 2 rings (SSSR count). The predicted molar refractivity (Wildman–Crippen MR) is 46.1 cm³/mol. The fraction of sp³-hybridized carbons (Fsp3) is 1.00. The molecule has 3 N–H and O–H groups in total. The largest absolute Gasteiger partial charge is 0.271 e. The van der Waals surface area contributed by atoms with Crippen molar-refractivity contribution in [3.8, 4) is 0 Å². The Morgan fingerprint density at radius 3 is 2.38 bits per heavy atom. The lowest BCUT2D eigenvalue weighted by atomic mass is 9.83. The molecule has 2 aliphatic rings. The normalized spacial score (nSPS) is 40.2. The van der Waals surface area contributed by atoms with Crippen molar-refractivity contribution in [2.45, 2.75) is 38.2 Å². The highest BCUT2D eigenvalue weighted by atomic mass is 19.3. The van der Waals surface area contributed by atoms with Gasteiger partial charge in [-0.05, 0) is 37.0 Å². The third kappa shape index (κ3) is 1.57. The quantitative estimate of drug-likeness (QED) is 0.523. The van der Waals surface area contributed by atoms with Gasteiger partial charge in [0.1, 0.15) is 0 Å². The van der Waals surface area contributed by atoms with E-state index in [0.29, 0.717) is 11.8 Å². The molecule has 2 fully saturated rings. The summed E-state index contributed by atoms with van der Waals surface area (Å²) in [5, 5.41) is 0. The fourth-order valence-corrected chi connectivity index (χ4v) is 3.12. The molecule has 0 amide bonds. The molecule has 0 aliphatic heterocycles. The van der Waals surface area contributed by atoms with Crippen LogP contribution >= 0.6 is 0 Å². The van der Waals surface area contributed by atoms with Crippen LogP contribution in [-0.4, -0.2) is 12.5 Å². The molecule has 2 nitrogen and oxygen atoms in total. The molecule has 0 aromatic rings. The molecular weight excluding hydrogens is 174 g/mol. The number of nitrogens with one attached hydrogen (secondary N) is 1. The van der Waals surface area contributed by atoms with Gasteiger partial charge in [0, 0.05) is 0 Å². The molecule has 2 bridgehead atoms. The maximum Gasteiger partial charge on any atom is 0.255 e. The molecule has 0 aromatic carbocycles. The number of fused-ring (bicyclic) bond motifs is 2. The first-order valence-electron chi connectivity index (χ1n) is 4.96. The zero-order valence-corrected chi connectivity index (χ0v) is 7.55. The van der Waals surface area contributed by atoms with Gasteiger partial charge in [0.2, 0.25) is 0 Å². The lowest BCUT2D eigenvalue weighted by molar-refractivity contribution is 0.0523. The second-order valence-corrected chi connectivity index (χ2v) is 4.37. The minimum absolute atomic E-state index is 0.115. The lowest BCUT2D eigenvalue weighted by Gasteiger charge is -2.29. The van der Waals surface area contributed by atoms with Gasteiger partial charge in [-0.3, -0.25) is 11.3 Å². The van der Waals surface area contributed by atoms with Gasteiger partial charge in [-0.15, -0.1) is 0 Å². The van der Waals surface area contributed by atoms with E-state index in [1.165, 1.54) is 6.42 Å². The summed E-state index contributed by atoms with van der Waals surface area (Å²) in [7, 11) is 0. The zero-order chi connectivity index (χ0) is 9.42. The average Bonchev–Trinajstić information content (AvgIpc) is 2.65. The van der Waals surface area contributed by atoms with Crippen molar-refractivity contribution >= 4 is 0 Å². The molecule has 2 aliphatic carbocycles. The summed E-state index contributed by atoms with van der Waals surface area (Å²) in [6, 6.07) is -0.782. The highest BCUT2D eigenvalue weighted by Crippen LogP contribution is 2.50. The number of halogens is 2. The van der Waals surface area contributed by atoms with Crippen LogP contribution in [0.25, 0.3) is 0 Å². The Morgan fingerprint density at radius 2 is 2.00 bits per heavy atom. The molecule has 0 heterocycles. The van der Waals surface area contributed by atoms with E-state index in [4.69, 9.17) is 5.84 Å². The van der Waals surface area contributed by atoms with E-state index in [-0.39, 0.29) is 5.92 Å². The van der Waals surface area contributed by atoms with Gasteiger partial charge in [0.25, 0.3) is 6.43 Å². The monoisotopic (exact) mass is 190 g/mol. The van der Waals surface area contributed by atoms with Crippen LogP contribution in [0.2, 0.25) is 0 Å². The minimum Gasteiger partial charge on any atom is -0.271 e. The molecule has 13 heavy (non-hydrogen) atoms. The van der Waals surface area contributed by atoms with Gasteiger partial charge < -0.3 is 0 Å². The molecule has 0 radical (unpaired) electrons. The van der Waals surface area contributed by atoms with Crippen LogP contribution in [0.15, 0.2) is 0 Å². The van der Waals surface area contributed by atoms with Crippen LogP contribution in [0.5, 0.6) is 0 Å². The SMILES string of the molecule is NNC(C(F)F)C1CC2CCC1C2. The first-order valence-corrected chi connectivity index (χ1v) is 4.96.